The quantitative estimate of drug-likeness (QED) is 0.738. The van der Waals surface area contributed by atoms with Gasteiger partial charge in [0, 0.05) is 17.5 Å². The minimum atomic E-state index is -0.452. The van der Waals surface area contributed by atoms with Crippen LogP contribution < -0.4 is 4.74 Å². The lowest BCUT2D eigenvalue weighted by Crippen LogP contribution is -2.36. The number of ether oxygens (including phenoxy) is 1. The Labute approximate surface area is 129 Å². The summed E-state index contributed by atoms with van der Waals surface area (Å²) in [6, 6.07) is 4.39. The van der Waals surface area contributed by atoms with Crippen molar-refractivity contribution in [1.29, 1.82) is 0 Å². The van der Waals surface area contributed by atoms with Gasteiger partial charge in [0.2, 0.25) is 0 Å². The molecule has 0 aliphatic carbocycles. The van der Waals surface area contributed by atoms with Crippen LogP contribution in [0, 0.1) is 0 Å². The number of hydrogen-bond donors (Lipinski definition) is 1. The topological polar surface area (TPSA) is 29.5 Å². The highest BCUT2D eigenvalue weighted by Crippen LogP contribution is 2.46. The smallest absolute Gasteiger partial charge is 0.129 e. The van der Waals surface area contributed by atoms with E-state index in [1.54, 1.807) is 0 Å². The third-order valence-electron chi connectivity index (χ3n) is 4.21. The minimum absolute atomic E-state index is 0.0154. The number of hydrogen-bond acceptors (Lipinski definition) is 2. The molecule has 1 aliphatic rings. The van der Waals surface area contributed by atoms with Gasteiger partial charge in [-0.25, -0.2) is 0 Å². The molecule has 0 aromatic heterocycles. The monoisotopic (exact) mass is 290 g/mol. The second-order valence-corrected chi connectivity index (χ2v) is 9.02. The van der Waals surface area contributed by atoms with Crippen LogP contribution in [0.3, 0.4) is 0 Å². The Balaban J connectivity index is 2.72. The summed E-state index contributed by atoms with van der Waals surface area (Å²) in [7, 11) is 0. The fourth-order valence-corrected chi connectivity index (χ4v) is 2.90. The second-order valence-electron chi connectivity index (χ2n) is 9.02. The molecule has 2 nitrogen and oxygen atoms in total. The zero-order chi connectivity index (χ0) is 16.2. The molecule has 0 bridgehead atoms. The van der Waals surface area contributed by atoms with E-state index < -0.39 is 6.10 Å². The first-order chi connectivity index (χ1) is 9.31. The molecule has 1 aliphatic heterocycles. The molecule has 118 valence electrons. The largest absolute Gasteiger partial charge is 0.487 e. The van der Waals surface area contributed by atoms with Crippen molar-refractivity contribution in [3.05, 3.63) is 28.8 Å². The minimum Gasteiger partial charge on any atom is -0.487 e. The molecular weight excluding hydrogens is 260 g/mol. The molecule has 1 atom stereocenters. The summed E-state index contributed by atoms with van der Waals surface area (Å²) in [4.78, 5) is 0. The molecule has 1 aromatic carbocycles. The zero-order valence-electron chi connectivity index (χ0n) is 14.8. The number of aliphatic hydroxyl groups is 1. The standard InChI is InChI=1S/C19H30O2/c1-17(2,3)12-9-13-15(20)11-19(7,8)21-16(13)14(10-12)18(4,5)6/h9-10,15,20H,11H2,1-8H3. The Kier molecular flexibility index (Phi) is 3.69. The van der Waals surface area contributed by atoms with E-state index in [0.29, 0.717) is 6.42 Å². The SMILES string of the molecule is CC1(C)CC(O)c2cc(C(C)(C)C)cc(C(C)(C)C)c2O1. The molecule has 0 spiro atoms. The first kappa shape index (κ1) is 16.4. The van der Waals surface area contributed by atoms with Gasteiger partial charge >= 0.3 is 0 Å². The predicted octanol–water partition coefficient (Wildman–Crippen LogP) is 4.88. The molecule has 0 amide bonds. The van der Waals surface area contributed by atoms with Crippen molar-refractivity contribution in [2.45, 2.75) is 84.3 Å². The van der Waals surface area contributed by atoms with Crippen LogP contribution in [0.2, 0.25) is 0 Å². The van der Waals surface area contributed by atoms with Gasteiger partial charge in [-0.1, -0.05) is 47.6 Å². The lowest BCUT2D eigenvalue weighted by molar-refractivity contribution is 0.00982. The molecule has 2 heteroatoms. The van der Waals surface area contributed by atoms with Crippen molar-refractivity contribution in [2.75, 3.05) is 0 Å². The van der Waals surface area contributed by atoms with Crippen molar-refractivity contribution in [1.82, 2.24) is 0 Å². The lowest BCUT2D eigenvalue weighted by Gasteiger charge is -2.39. The van der Waals surface area contributed by atoms with Crippen LogP contribution in [0.5, 0.6) is 5.75 Å². The molecule has 2 rings (SSSR count). The van der Waals surface area contributed by atoms with Gasteiger partial charge in [-0.2, -0.15) is 0 Å². The number of rotatable bonds is 0. The Bertz CT molecular complexity index is 542. The second kappa shape index (κ2) is 4.74. The molecule has 1 aromatic rings. The van der Waals surface area contributed by atoms with Crippen molar-refractivity contribution in [3.8, 4) is 5.75 Å². The highest BCUT2D eigenvalue weighted by atomic mass is 16.5. The fraction of sp³-hybridized carbons (Fsp3) is 0.684. The molecule has 0 saturated carbocycles. The maximum absolute atomic E-state index is 10.6. The van der Waals surface area contributed by atoms with Crippen molar-refractivity contribution in [2.24, 2.45) is 0 Å². The van der Waals surface area contributed by atoms with Gasteiger partial charge in [-0.05, 0) is 36.3 Å². The lowest BCUT2D eigenvalue weighted by atomic mass is 9.76. The van der Waals surface area contributed by atoms with Crippen LogP contribution in [0.15, 0.2) is 12.1 Å². The van der Waals surface area contributed by atoms with Crippen molar-refractivity contribution >= 4 is 0 Å². The fourth-order valence-electron chi connectivity index (χ4n) is 2.90. The van der Waals surface area contributed by atoms with E-state index in [1.807, 2.05) is 13.8 Å². The first-order valence-corrected chi connectivity index (χ1v) is 7.87. The summed E-state index contributed by atoms with van der Waals surface area (Å²) < 4.78 is 6.26. The Morgan fingerprint density at radius 1 is 1.05 bits per heavy atom. The average Bonchev–Trinajstić information content (AvgIpc) is 2.23. The van der Waals surface area contributed by atoms with Crippen LogP contribution >= 0.6 is 0 Å². The van der Waals surface area contributed by atoms with E-state index in [9.17, 15) is 5.11 Å². The van der Waals surface area contributed by atoms with E-state index in [4.69, 9.17) is 4.74 Å². The van der Waals surface area contributed by atoms with Gasteiger partial charge in [0.05, 0.1) is 6.10 Å². The summed E-state index contributed by atoms with van der Waals surface area (Å²) >= 11 is 0. The van der Waals surface area contributed by atoms with Crippen LogP contribution in [0.4, 0.5) is 0 Å². The predicted molar refractivity (Wildman–Crippen MR) is 88.1 cm³/mol. The van der Waals surface area contributed by atoms with Crippen molar-refractivity contribution in [3.63, 3.8) is 0 Å². The molecule has 0 radical (unpaired) electrons. The molecule has 1 heterocycles. The molecule has 0 fully saturated rings. The maximum atomic E-state index is 10.6. The summed E-state index contributed by atoms with van der Waals surface area (Å²) in [5.41, 5.74) is 3.12. The van der Waals surface area contributed by atoms with Crippen LogP contribution in [0.25, 0.3) is 0 Å². The summed E-state index contributed by atoms with van der Waals surface area (Å²) in [5.74, 6) is 0.888. The van der Waals surface area contributed by atoms with Crippen LogP contribution in [-0.2, 0) is 10.8 Å². The van der Waals surface area contributed by atoms with Gasteiger partial charge in [0.1, 0.15) is 11.4 Å². The van der Waals surface area contributed by atoms with E-state index in [-0.39, 0.29) is 16.4 Å². The van der Waals surface area contributed by atoms with E-state index >= 15 is 0 Å². The molecular formula is C19H30O2. The third kappa shape index (κ3) is 3.26. The maximum Gasteiger partial charge on any atom is 0.129 e. The van der Waals surface area contributed by atoms with Crippen LogP contribution in [-0.4, -0.2) is 10.7 Å². The summed E-state index contributed by atoms with van der Waals surface area (Å²) in [6.45, 7) is 17.3. The number of fused-ring (bicyclic) bond motifs is 1. The zero-order valence-corrected chi connectivity index (χ0v) is 14.8. The third-order valence-corrected chi connectivity index (χ3v) is 4.21. The Morgan fingerprint density at radius 2 is 1.62 bits per heavy atom. The van der Waals surface area contributed by atoms with Gasteiger partial charge in [-0.3, -0.25) is 0 Å². The van der Waals surface area contributed by atoms with Gasteiger partial charge in [-0.15, -0.1) is 0 Å². The van der Waals surface area contributed by atoms with Gasteiger partial charge in [0.15, 0.2) is 0 Å². The Hall–Kier alpha value is -1.02. The Morgan fingerprint density at radius 3 is 2.10 bits per heavy atom. The van der Waals surface area contributed by atoms with E-state index in [0.717, 1.165) is 11.3 Å². The number of aliphatic hydroxyl groups excluding tert-OH is 1. The highest BCUT2D eigenvalue weighted by molar-refractivity contribution is 5.51. The highest BCUT2D eigenvalue weighted by Gasteiger charge is 2.37. The molecule has 1 N–H and O–H groups in total. The van der Waals surface area contributed by atoms with Gasteiger partial charge in [0.25, 0.3) is 0 Å². The molecule has 21 heavy (non-hydrogen) atoms. The average molecular weight is 290 g/mol. The summed E-state index contributed by atoms with van der Waals surface area (Å²) in [6.07, 6.45) is 0.184. The summed E-state index contributed by atoms with van der Waals surface area (Å²) in [5, 5.41) is 10.6. The van der Waals surface area contributed by atoms with Gasteiger partial charge < -0.3 is 9.84 Å². The normalized spacial score (nSPS) is 21.7. The van der Waals surface area contributed by atoms with Crippen LogP contribution in [0.1, 0.15) is 84.6 Å². The number of benzene rings is 1. The molecule has 0 saturated heterocycles. The van der Waals surface area contributed by atoms with E-state index in [2.05, 4.69) is 53.7 Å². The first-order valence-electron chi connectivity index (χ1n) is 7.87. The van der Waals surface area contributed by atoms with Crippen molar-refractivity contribution < 1.29 is 9.84 Å². The molecule has 1 unspecified atom stereocenters. The van der Waals surface area contributed by atoms with E-state index in [1.165, 1.54) is 11.1 Å².